The normalized spacial score (nSPS) is 10.3. The van der Waals surface area contributed by atoms with Gasteiger partial charge in [0.15, 0.2) is 0 Å². The summed E-state index contributed by atoms with van der Waals surface area (Å²) in [7, 11) is 0. The monoisotopic (exact) mass is 326 g/mol. The molecule has 0 aliphatic rings. The van der Waals surface area contributed by atoms with Gasteiger partial charge in [-0.25, -0.2) is 4.68 Å². The van der Waals surface area contributed by atoms with Crippen LogP contribution in [0.4, 0.5) is 5.69 Å². The van der Waals surface area contributed by atoms with E-state index in [2.05, 4.69) is 16.0 Å². The van der Waals surface area contributed by atoms with E-state index in [1.165, 1.54) is 0 Å². The second-order valence-electron chi connectivity index (χ2n) is 4.94. The van der Waals surface area contributed by atoms with Crippen LogP contribution in [0.15, 0.2) is 60.7 Å². The van der Waals surface area contributed by atoms with Gasteiger partial charge >= 0.3 is 0 Å². The van der Waals surface area contributed by atoms with E-state index in [4.69, 9.17) is 11.6 Å². The van der Waals surface area contributed by atoms with Crippen LogP contribution in [0.5, 0.6) is 0 Å². The molecular weight excluding hydrogens is 312 g/mol. The Morgan fingerprint density at radius 3 is 2.30 bits per heavy atom. The highest BCUT2D eigenvalue weighted by molar-refractivity contribution is 6.33. The van der Waals surface area contributed by atoms with Gasteiger partial charge in [-0.3, -0.25) is 15.6 Å². The van der Waals surface area contributed by atoms with E-state index in [0.29, 0.717) is 11.3 Å². The third-order valence-electron chi connectivity index (χ3n) is 3.33. The average molecular weight is 327 g/mol. The van der Waals surface area contributed by atoms with Crippen LogP contribution in [0.1, 0.15) is 16.1 Å². The molecule has 2 N–H and O–H groups in total. The molecule has 3 rings (SSSR count). The molecule has 0 saturated heterocycles. The van der Waals surface area contributed by atoms with Crippen LogP contribution >= 0.6 is 11.6 Å². The first kappa shape index (κ1) is 15.1. The van der Waals surface area contributed by atoms with Crippen molar-refractivity contribution in [3.8, 4) is 5.69 Å². The van der Waals surface area contributed by atoms with Gasteiger partial charge in [0, 0.05) is 0 Å². The largest absolute Gasteiger partial charge is 0.298 e. The van der Waals surface area contributed by atoms with E-state index >= 15 is 0 Å². The van der Waals surface area contributed by atoms with E-state index in [-0.39, 0.29) is 11.1 Å². The standard InChI is InChI=1S/C17H15ClN4O/c1-12-15(17(23)20-19-13-8-4-2-5-9-13)16(18)22(21-12)14-10-6-3-7-11-14/h2-11,19H,1H3,(H,20,23). The lowest BCUT2D eigenvalue weighted by molar-refractivity contribution is 0.0962. The summed E-state index contributed by atoms with van der Waals surface area (Å²) in [6.45, 7) is 1.75. The molecule has 3 aromatic rings. The highest BCUT2D eigenvalue weighted by Crippen LogP contribution is 2.23. The number of amides is 1. The van der Waals surface area contributed by atoms with Crippen molar-refractivity contribution in [1.29, 1.82) is 0 Å². The van der Waals surface area contributed by atoms with E-state index in [9.17, 15) is 4.79 Å². The number of anilines is 1. The third kappa shape index (κ3) is 3.19. The van der Waals surface area contributed by atoms with Crippen molar-refractivity contribution < 1.29 is 4.79 Å². The Balaban J connectivity index is 1.83. The molecule has 0 fully saturated rings. The van der Waals surface area contributed by atoms with Crippen LogP contribution in [0, 0.1) is 6.92 Å². The highest BCUT2D eigenvalue weighted by Gasteiger charge is 2.20. The van der Waals surface area contributed by atoms with Crippen LogP contribution in [-0.4, -0.2) is 15.7 Å². The van der Waals surface area contributed by atoms with Gasteiger partial charge in [0.2, 0.25) is 0 Å². The number of aromatic nitrogens is 2. The lowest BCUT2D eigenvalue weighted by Crippen LogP contribution is -2.29. The van der Waals surface area contributed by atoms with Crippen LogP contribution in [0.3, 0.4) is 0 Å². The fourth-order valence-electron chi connectivity index (χ4n) is 2.21. The average Bonchev–Trinajstić information content (AvgIpc) is 2.89. The maximum absolute atomic E-state index is 12.4. The number of carbonyl (C=O) groups is 1. The summed E-state index contributed by atoms with van der Waals surface area (Å²) in [6.07, 6.45) is 0. The number of hydrogen-bond donors (Lipinski definition) is 2. The van der Waals surface area contributed by atoms with Gasteiger partial charge in [-0.2, -0.15) is 5.10 Å². The SMILES string of the molecule is Cc1nn(-c2ccccc2)c(Cl)c1C(=O)NNc1ccccc1. The van der Waals surface area contributed by atoms with Crippen LogP contribution in [0.2, 0.25) is 5.15 Å². The molecule has 1 amide bonds. The van der Waals surface area contributed by atoms with Crippen LogP contribution in [0.25, 0.3) is 5.69 Å². The number of carbonyl (C=O) groups excluding carboxylic acids is 1. The van der Waals surface area contributed by atoms with Crippen molar-refractivity contribution in [3.05, 3.63) is 77.1 Å². The van der Waals surface area contributed by atoms with E-state index in [1.54, 1.807) is 11.6 Å². The lowest BCUT2D eigenvalue weighted by atomic mass is 10.2. The number of hydrogen-bond acceptors (Lipinski definition) is 3. The molecule has 1 heterocycles. The molecule has 5 nitrogen and oxygen atoms in total. The minimum atomic E-state index is -0.335. The number of nitrogens with one attached hydrogen (secondary N) is 2. The minimum Gasteiger partial charge on any atom is -0.298 e. The summed E-state index contributed by atoms with van der Waals surface area (Å²) >= 11 is 6.35. The topological polar surface area (TPSA) is 59.0 Å². The van der Waals surface area contributed by atoms with Crippen LogP contribution < -0.4 is 10.9 Å². The number of para-hydroxylation sites is 2. The number of rotatable bonds is 4. The zero-order valence-corrected chi connectivity index (χ0v) is 13.2. The van der Waals surface area contributed by atoms with Crippen molar-refractivity contribution in [3.63, 3.8) is 0 Å². The second kappa shape index (κ2) is 6.54. The summed E-state index contributed by atoms with van der Waals surface area (Å²) in [5.74, 6) is -0.335. The molecule has 0 aliphatic heterocycles. The molecule has 0 bridgehead atoms. The van der Waals surface area contributed by atoms with Crippen molar-refractivity contribution in [2.45, 2.75) is 6.92 Å². The zero-order valence-electron chi connectivity index (χ0n) is 12.5. The number of benzene rings is 2. The first-order chi connectivity index (χ1) is 11.2. The van der Waals surface area contributed by atoms with Gasteiger partial charge in [-0.15, -0.1) is 0 Å². The Morgan fingerprint density at radius 1 is 1.04 bits per heavy atom. The van der Waals surface area contributed by atoms with Gasteiger partial charge in [-0.05, 0) is 31.2 Å². The van der Waals surface area contributed by atoms with Gasteiger partial charge in [0.1, 0.15) is 10.7 Å². The molecule has 6 heteroatoms. The molecule has 0 atom stereocenters. The molecule has 0 aliphatic carbocycles. The zero-order chi connectivity index (χ0) is 16.2. The molecule has 0 unspecified atom stereocenters. The van der Waals surface area contributed by atoms with Gasteiger partial charge in [-0.1, -0.05) is 48.0 Å². The maximum Gasteiger partial charge on any atom is 0.274 e. The Bertz CT molecular complexity index is 815. The smallest absolute Gasteiger partial charge is 0.274 e. The third-order valence-corrected chi connectivity index (χ3v) is 3.68. The quantitative estimate of drug-likeness (QED) is 0.720. The van der Waals surface area contributed by atoms with Crippen molar-refractivity contribution >= 4 is 23.2 Å². The molecule has 116 valence electrons. The van der Waals surface area contributed by atoms with Crippen molar-refractivity contribution in [2.75, 3.05) is 5.43 Å². The molecule has 2 aromatic carbocycles. The molecule has 0 saturated carbocycles. The summed E-state index contributed by atoms with van der Waals surface area (Å²) in [5.41, 5.74) is 7.98. The Kier molecular flexibility index (Phi) is 4.30. The number of nitrogens with zero attached hydrogens (tertiary/aromatic N) is 2. The minimum absolute atomic E-state index is 0.279. The maximum atomic E-state index is 12.4. The summed E-state index contributed by atoms with van der Waals surface area (Å²) in [4.78, 5) is 12.4. The molecule has 0 spiro atoms. The van der Waals surface area contributed by atoms with E-state index in [0.717, 1.165) is 11.4 Å². The van der Waals surface area contributed by atoms with Gasteiger partial charge in [0.25, 0.3) is 5.91 Å². The molecule has 1 aromatic heterocycles. The predicted molar refractivity (Wildman–Crippen MR) is 90.8 cm³/mol. The summed E-state index contributed by atoms with van der Waals surface area (Å²) < 4.78 is 1.55. The van der Waals surface area contributed by atoms with Gasteiger partial charge < -0.3 is 0 Å². The van der Waals surface area contributed by atoms with Gasteiger partial charge in [0.05, 0.1) is 17.1 Å². The Hall–Kier alpha value is -2.79. The molecular formula is C17H15ClN4O. The Labute approximate surface area is 138 Å². The van der Waals surface area contributed by atoms with E-state index in [1.807, 2.05) is 60.7 Å². The van der Waals surface area contributed by atoms with Crippen LogP contribution in [-0.2, 0) is 0 Å². The highest BCUT2D eigenvalue weighted by atomic mass is 35.5. The van der Waals surface area contributed by atoms with Crippen molar-refractivity contribution in [2.24, 2.45) is 0 Å². The Morgan fingerprint density at radius 2 is 1.65 bits per heavy atom. The molecule has 0 radical (unpaired) electrons. The number of halogens is 1. The first-order valence-electron chi connectivity index (χ1n) is 7.09. The fraction of sp³-hybridized carbons (Fsp3) is 0.0588. The number of hydrazine groups is 1. The summed E-state index contributed by atoms with van der Waals surface area (Å²) in [6, 6.07) is 18.8. The predicted octanol–water partition coefficient (Wildman–Crippen LogP) is 3.59. The first-order valence-corrected chi connectivity index (χ1v) is 7.46. The second-order valence-corrected chi connectivity index (χ2v) is 5.30. The fourth-order valence-corrected chi connectivity index (χ4v) is 2.57. The number of aryl methyl sites for hydroxylation is 1. The lowest BCUT2D eigenvalue weighted by Gasteiger charge is -2.08. The summed E-state index contributed by atoms with van der Waals surface area (Å²) in [5, 5.41) is 4.63. The van der Waals surface area contributed by atoms with E-state index < -0.39 is 0 Å². The van der Waals surface area contributed by atoms with Crippen molar-refractivity contribution in [1.82, 2.24) is 15.2 Å². The molecule has 23 heavy (non-hydrogen) atoms.